The summed E-state index contributed by atoms with van der Waals surface area (Å²) >= 11 is 3.39. The second-order valence-corrected chi connectivity index (χ2v) is 7.32. The highest BCUT2D eigenvalue weighted by Gasteiger charge is 2.42. The van der Waals surface area contributed by atoms with Crippen LogP contribution in [-0.2, 0) is 4.79 Å². The molecule has 1 aromatic heterocycles. The third-order valence-electron chi connectivity index (χ3n) is 4.45. The van der Waals surface area contributed by atoms with Gasteiger partial charge in [0, 0.05) is 23.3 Å². The molecule has 3 rings (SSSR count). The molecule has 1 aliphatic rings. The number of benzene rings is 1. The van der Waals surface area contributed by atoms with Gasteiger partial charge in [-0.05, 0) is 50.6 Å². The van der Waals surface area contributed by atoms with Crippen LogP contribution in [0.5, 0.6) is 0 Å². The lowest BCUT2D eigenvalue weighted by Crippen LogP contribution is -2.35. The number of hydrogen-bond acceptors (Lipinski definition) is 3. The maximum Gasteiger partial charge on any atom is 0.311 e. The van der Waals surface area contributed by atoms with Crippen LogP contribution in [0.1, 0.15) is 29.5 Å². The fourth-order valence-corrected chi connectivity index (χ4v) is 3.16. The highest BCUT2D eigenvalue weighted by atomic mass is 79.9. The largest absolute Gasteiger partial charge is 0.481 e. The van der Waals surface area contributed by atoms with Gasteiger partial charge in [-0.15, -0.1) is 0 Å². The maximum atomic E-state index is 12.7. The molecule has 0 aliphatic carbocycles. The number of likely N-dealkylation sites (tertiary alicyclic amines) is 1. The van der Waals surface area contributed by atoms with Crippen molar-refractivity contribution < 1.29 is 14.7 Å². The van der Waals surface area contributed by atoms with Crippen LogP contribution >= 0.6 is 15.9 Å². The van der Waals surface area contributed by atoms with Crippen molar-refractivity contribution in [1.82, 2.24) is 14.7 Å². The first-order valence-corrected chi connectivity index (χ1v) is 8.45. The Morgan fingerprint density at radius 3 is 2.54 bits per heavy atom. The Morgan fingerprint density at radius 2 is 1.96 bits per heavy atom. The SMILES string of the molecule is Cc1cc(C(=O)N2CC[C@@](C)(C(=O)O)C2)nn1-c1ccc(Br)cc1. The topological polar surface area (TPSA) is 75.4 Å². The van der Waals surface area contributed by atoms with Crippen LogP contribution in [0.2, 0.25) is 0 Å². The molecule has 126 valence electrons. The van der Waals surface area contributed by atoms with Gasteiger partial charge in [-0.25, -0.2) is 4.68 Å². The number of carbonyl (C=O) groups excluding carboxylic acids is 1. The van der Waals surface area contributed by atoms with Crippen LogP contribution in [0.25, 0.3) is 5.69 Å². The molecular formula is C17H18BrN3O3. The van der Waals surface area contributed by atoms with Crippen molar-refractivity contribution in [3.63, 3.8) is 0 Å². The van der Waals surface area contributed by atoms with Gasteiger partial charge in [0.25, 0.3) is 5.91 Å². The molecule has 1 fully saturated rings. The molecule has 0 radical (unpaired) electrons. The molecule has 2 heterocycles. The molecule has 0 bridgehead atoms. The minimum absolute atomic E-state index is 0.214. The monoisotopic (exact) mass is 391 g/mol. The Bertz CT molecular complexity index is 800. The van der Waals surface area contributed by atoms with E-state index in [2.05, 4.69) is 21.0 Å². The number of rotatable bonds is 3. The quantitative estimate of drug-likeness (QED) is 0.872. The third kappa shape index (κ3) is 2.96. The van der Waals surface area contributed by atoms with E-state index in [1.807, 2.05) is 31.2 Å². The maximum absolute atomic E-state index is 12.7. The highest BCUT2D eigenvalue weighted by Crippen LogP contribution is 2.31. The second kappa shape index (κ2) is 6.05. The number of carboxylic acid groups (broad SMARTS) is 1. The normalized spacial score (nSPS) is 20.4. The first-order valence-electron chi connectivity index (χ1n) is 7.65. The average Bonchev–Trinajstić information content (AvgIpc) is 3.12. The lowest BCUT2D eigenvalue weighted by Gasteiger charge is -2.19. The summed E-state index contributed by atoms with van der Waals surface area (Å²) in [4.78, 5) is 25.6. The summed E-state index contributed by atoms with van der Waals surface area (Å²) in [5.41, 5.74) is 1.18. The van der Waals surface area contributed by atoms with E-state index in [1.54, 1.807) is 22.6 Å². The molecule has 0 spiro atoms. The third-order valence-corrected chi connectivity index (χ3v) is 4.98. The number of nitrogens with zero attached hydrogens (tertiary/aromatic N) is 3. The van der Waals surface area contributed by atoms with Crippen LogP contribution in [-0.4, -0.2) is 44.8 Å². The number of carbonyl (C=O) groups is 2. The van der Waals surface area contributed by atoms with E-state index in [1.165, 1.54) is 0 Å². The fourth-order valence-electron chi connectivity index (χ4n) is 2.89. The van der Waals surface area contributed by atoms with Gasteiger partial charge < -0.3 is 10.0 Å². The van der Waals surface area contributed by atoms with Gasteiger partial charge in [0.05, 0.1) is 11.1 Å². The van der Waals surface area contributed by atoms with Crippen LogP contribution in [0.4, 0.5) is 0 Å². The van der Waals surface area contributed by atoms with E-state index in [0.29, 0.717) is 18.7 Å². The Hall–Kier alpha value is -2.15. The predicted octanol–water partition coefficient (Wildman–Crippen LogP) is 2.88. The van der Waals surface area contributed by atoms with E-state index in [-0.39, 0.29) is 12.5 Å². The molecule has 1 amide bonds. The number of hydrogen-bond donors (Lipinski definition) is 1. The van der Waals surface area contributed by atoms with Crippen molar-refractivity contribution in [2.75, 3.05) is 13.1 Å². The Balaban J connectivity index is 1.84. The summed E-state index contributed by atoms with van der Waals surface area (Å²) in [6.07, 6.45) is 0.459. The predicted molar refractivity (Wildman–Crippen MR) is 92.3 cm³/mol. The van der Waals surface area contributed by atoms with E-state index < -0.39 is 11.4 Å². The van der Waals surface area contributed by atoms with Crippen molar-refractivity contribution in [3.05, 3.63) is 46.2 Å². The minimum atomic E-state index is -0.876. The van der Waals surface area contributed by atoms with Gasteiger partial charge in [-0.3, -0.25) is 9.59 Å². The summed E-state index contributed by atoms with van der Waals surface area (Å²) in [6, 6.07) is 9.39. The highest BCUT2D eigenvalue weighted by molar-refractivity contribution is 9.10. The number of carboxylic acids is 1. The number of aliphatic carboxylic acids is 1. The molecule has 0 unspecified atom stereocenters. The van der Waals surface area contributed by atoms with Gasteiger partial charge >= 0.3 is 5.97 Å². The van der Waals surface area contributed by atoms with Crippen LogP contribution in [0.3, 0.4) is 0 Å². The summed E-state index contributed by atoms with van der Waals surface area (Å²) in [5.74, 6) is -1.09. The molecular weight excluding hydrogens is 374 g/mol. The van der Waals surface area contributed by atoms with Gasteiger partial charge in [-0.1, -0.05) is 15.9 Å². The van der Waals surface area contributed by atoms with E-state index in [9.17, 15) is 14.7 Å². The van der Waals surface area contributed by atoms with Gasteiger partial charge in [0.2, 0.25) is 0 Å². The van der Waals surface area contributed by atoms with Crippen molar-refractivity contribution in [1.29, 1.82) is 0 Å². The summed E-state index contributed by atoms with van der Waals surface area (Å²) in [5, 5.41) is 13.7. The molecule has 6 nitrogen and oxygen atoms in total. The van der Waals surface area contributed by atoms with Gasteiger partial charge in [0.1, 0.15) is 0 Å². The van der Waals surface area contributed by atoms with Crippen LogP contribution < -0.4 is 0 Å². The number of amides is 1. The fraction of sp³-hybridized carbons (Fsp3) is 0.353. The smallest absolute Gasteiger partial charge is 0.311 e. The van der Waals surface area contributed by atoms with Crippen LogP contribution in [0.15, 0.2) is 34.8 Å². The van der Waals surface area contributed by atoms with Gasteiger partial charge in [-0.2, -0.15) is 5.10 Å². The first kappa shape index (κ1) is 16.7. The van der Waals surface area contributed by atoms with Gasteiger partial charge in [0.15, 0.2) is 5.69 Å². The standard InChI is InChI=1S/C17H18BrN3O3/c1-11-9-14(19-21(11)13-5-3-12(18)4-6-13)15(22)20-8-7-17(2,10-20)16(23)24/h3-6,9H,7-8,10H2,1-2H3,(H,23,24)/t17-/m1/s1. The average molecular weight is 392 g/mol. The number of aryl methyl sites for hydroxylation is 1. The number of halogens is 1. The number of aromatic nitrogens is 2. The molecule has 0 saturated carbocycles. The van der Waals surface area contributed by atoms with E-state index >= 15 is 0 Å². The summed E-state index contributed by atoms with van der Waals surface area (Å²) in [7, 11) is 0. The Morgan fingerprint density at radius 1 is 1.29 bits per heavy atom. The van der Waals surface area contributed by atoms with Crippen molar-refractivity contribution in [2.45, 2.75) is 20.3 Å². The zero-order chi connectivity index (χ0) is 17.5. The molecule has 1 aromatic carbocycles. The molecule has 24 heavy (non-hydrogen) atoms. The molecule has 1 atom stereocenters. The lowest BCUT2D eigenvalue weighted by atomic mass is 9.90. The molecule has 1 saturated heterocycles. The molecule has 7 heteroatoms. The molecule has 1 N–H and O–H groups in total. The summed E-state index contributed by atoms with van der Waals surface area (Å²) in [6.45, 7) is 4.21. The molecule has 1 aliphatic heterocycles. The first-order chi connectivity index (χ1) is 11.3. The molecule has 2 aromatic rings. The second-order valence-electron chi connectivity index (χ2n) is 6.40. The zero-order valence-corrected chi connectivity index (χ0v) is 15.1. The minimum Gasteiger partial charge on any atom is -0.481 e. The van der Waals surface area contributed by atoms with E-state index in [0.717, 1.165) is 15.9 Å². The van der Waals surface area contributed by atoms with Crippen molar-refractivity contribution in [3.8, 4) is 5.69 Å². The summed E-state index contributed by atoms with van der Waals surface area (Å²) < 4.78 is 2.68. The van der Waals surface area contributed by atoms with Crippen LogP contribution in [0, 0.1) is 12.3 Å². The van der Waals surface area contributed by atoms with Crippen molar-refractivity contribution >= 4 is 27.8 Å². The van der Waals surface area contributed by atoms with E-state index in [4.69, 9.17) is 0 Å². The zero-order valence-electron chi connectivity index (χ0n) is 13.5. The lowest BCUT2D eigenvalue weighted by molar-refractivity contribution is -0.147. The van der Waals surface area contributed by atoms with Crippen molar-refractivity contribution in [2.24, 2.45) is 5.41 Å². The Labute approximate surface area is 148 Å². The Kier molecular flexibility index (Phi) is 4.21.